The Morgan fingerprint density at radius 1 is 1.07 bits per heavy atom. The van der Waals surface area contributed by atoms with Gasteiger partial charge in [0.2, 0.25) is 5.28 Å². The first-order valence-electron chi connectivity index (χ1n) is 10.2. The first-order chi connectivity index (χ1) is 14.6. The lowest BCUT2D eigenvalue weighted by molar-refractivity contribution is -0.139. The van der Waals surface area contributed by atoms with Crippen LogP contribution in [0.15, 0.2) is 11.9 Å². The standard InChI is InChI=1S/C19H24ClN7O3/c1-2-26-14(10-24-3-4-27-13(9-24)11-30-12-15(27)28)21-16-17(22-19(20)23-18(16)26)25-5-7-29-8-6-25/h9H,2-8,10-12H2,1H3. The van der Waals surface area contributed by atoms with Gasteiger partial charge in [-0.05, 0) is 18.5 Å². The summed E-state index contributed by atoms with van der Waals surface area (Å²) in [5.41, 5.74) is 2.41. The molecule has 0 saturated carbocycles. The zero-order chi connectivity index (χ0) is 20.7. The van der Waals surface area contributed by atoms with Crippen molar-refractivity contribution in [2.24, 2.45) is 0 Å². The summed E-state index contributed by atoms with van der Waals surface area (Å²) in [5.74, 6) is 1.68. The van der Waals surface area contributed by atoms with Gasteiger partial charge in [-0.3, -0.25) is 4.79 Å². The topological polar surface area (TPSA) is 88.9 Å². The molecule has 0 N–H and O–H groups in total. The average molecular weight is 434 g/mol. The fourth-order valence-electron chi connectivity index (χ4n) is 4.20. The number of aryl methyl sites for hydroxylation is 1. The summed E-state index contributed by atoms with van der Waals surface area (Å²) < 4.78 is 12.9. The van der Waals surface area contributed by atoms with Gasteiger partial charge in [0.15, 0.2) is 17.0 Å². The van der Waals surface area contributed by atoms with E-state index in [-0.39, 0.29) is 17.8 Å². The molecule has 2 fully saturated rings. The highest BCUT2D eigenvalue weighted by Gasteiger charge is 2.29. The quantitative estimate of drug-likeness (QED) is 0.656. The summed E-state index contributed by atoms with van der Waals surface area (Å²) in [4.78, 5) is 32.0. The normalized spacial score (nSPS) is 20.0. The summed E-state index contributed by atoms with van der Waals surface area (Å²) in [6.45, 7) is 8.22. The van der Waals surface area contributed by atoms with Crippen LogP contribution in [0.1, 0.15) is 12.7 Å². The van der Waals surface area contributed by atoms with Crippen LogP contribution in [-0.2, 0) is 27.4 Å². The molecule has 5 heterocycles. The van der Waals surface area contributed by atoms with Gasteiger partial charge < -0.3 is 28.7 Å². The fourth-order valence-corrected chi connectivity index (χ4v) is 4.36. The Bertz CT molecular complexity index is 1000. The average Bonchev–Trinajstić information content (AvgIpc) is 3.10. The highest BCUT2D eigenvalue weighted by atomic mass is 35.5. The molecule has 2 aromatic rings. The molecule has 0 atom stereocenters. The van der Waals surface area contributed by atoms with Crippen LogP contribution < -0.4 is 4.90 Å². The van der Waals surface area contributed by atoms with Gasteiger partial charge in [-0.1, -0.05) is 0 Å². The van der Waals surface area contributed by atoms with Crippen molar-refractivity contribution >= 4 is 34.5 Å². The van der Waals surface area contributed by atoms with Crippen LogP contribution in [0.25, 0.3) is 11.2 Å². The first kappa shape index (κ1) is 19.5. The second-order valence-electron chi connectivity index (χ2n) is 7.49. The van der Waals surface area contributed by atoms with E-state index in [4.69, 9.17) is 26.1 Å². The maximum Gasteiger partial charge on any atom is 0.252 e. The lowest BCUT2D eigenvalue weighted by Gasteiger charge is -2.37. The van der Waals surface area contributed by atoms with Crippen molar-refractivity contribution in [2.75, 3.05) is 57.5 Å². The number of hydrogen-bond donors (Lipinski definition) is 0. The van der Waals surface area contributed by atoms with Crippen molar-refractivity contribution < 1.29 is 14.3 Å². The van der Waals surface area contributed by atoms with E-state index in [1.807, 2.05) is 11.1 Å². The number of hydrogen-bond acceptors (Lipinski definition) is 8. The third kappa shape index (κ3) is 3.48. The number of morpholine rings is 2. The number of carbonyl (C=O) groups excluding carboxylic acids is 1. The van der Waals surface area contributed by atoms with Crippen molar-refractivity contribution in [3.63, 3.8) is 0 Å². The number of rotatable bonds is 4. The van der Waals surface area contributed by atoms with Crippen molar-refractivity contribution in [1.82, 2.24) is 29.3 Å². The van der Waals surface area contributed by atoms with E-state index in [0.717, 1.165) is 54.7 Å². The van der Waals surface area contributed by atoms with E-state index in [1.165, 1.54) is 0 Å². The van der Waals surface area contributed by atoms with Crippen molar-refractivity contribution in [3.8, 4) is 0 Å². The number of aromatic nitrogens is 4. The fraction of sp³-hybridized carbons (Fsp3) is 0.579. The van der Waals surface area contributed by atoms with Gasteiger partial charge in [0.05, 0.1) is 32.1 Å². The molecule has 2 saturated heterocycles. The largest absolute Gasteiger partial charge is 0.378 e. The molecule has 0 aromatic carbocycles. The number of halogens is 1. The highest BCUT2D eigenvalue weighted by Crippen LogP contribution is 2.28. The van der Waals surface area contributed by atoms with E-state index in [0.29, 0.717) is 32.9 Å². The molecule has 10 nitrogen and oxygen atoms in total. The zero-order valence-corrected chi connectivity index (χ0v) is 17.6. The summed E-state index contributed by atoms with van der Waals surface area (Å²) >= 11 is 6.27. The molecule has 2 aromatic heterocycles. The minimum atomic E-state index is 0.0213. The molecule has 0 bridgehead atoms. The summed E-state index contributed by atoms with van der Waals surface area (Å²) in [6.07, 6.45) is 2.00. The number of carbonyl (C=O) groups is 1. The number of imidazole rings is 1. The van der Waals surface area contributed by atoms with Gasteiger partial charge in [0.25, 0.3) is 5.91 Å². The van der Waals surface area contributed by atoms with Crippen LogP contribution in [0, 0.1) is 0 Å². The van der Waals surface area contributed by atoms with Crippen molar-refractivity contribution in [1.29, 1.82) is 0 Å². The maximum atomic E-state index is 12.0. The minimum Gasteiger partial charge on any atom is -0.378 e. The Morgan fingerprint density at radius 2 is 1.90 bits per heavy atom. The minimum absolute atomic E-state index is 0.0213. The maximum absolute atomic E-state index is 12.0. The Kier molecular flexibility index (Phi) is 5.21. The van der Waals surface area contributed by atoms with Gasteiger partial charge in [0, 0.05) is 38.9 Å². The monoisotopic (exact) mass is 433 g/mol. The molecule has 1 amide bonds. The van der Waals surface area contributed by atoms with Crippen molar-refractivity contribution in [2.45, 2.75) is 20.0 Å². The summed E-state index contributed by atoms with van der Waals surface area (Å²) in [7, 11) is 0. The Labute approximate surface area is 179 Å². The van der Waals surface area contributed by atoms with Gasteiger partial charge >= 0.3 is 0 Å². The molecular weight excluding hydrogens is 410 g/mol. The number of nitrogens with zero attached hydrogens (tertiary/aromatic N) is 7. The molecule has 3 aliphatic heterocycles. The number of amides is 1. The number of anilines is 1. The zero-order valence-electron chi connectivity index (χ0n) is 16.9. The van der Waals surface area contributed by atoms with Crippen LogP contribution in [0.3, 0.4) is 0 Å². The second-order valence-corrected chi connectivity index (χ2v) is 7.83. The predicted molar refractivity (Wildman–Crippen MR) is 110 cm³/mol. The van der Waals surface area contributed by atoms with E-state index in [2.05, 4.69) is 31.3 Å². The molecule has 0 radical (unpaired) electrons. The lowest BCUT2D eigenvalue weighted by atomic mass is 10.2. The van der Waals surface area contributed by atoms with Crippen LogP contribution in [0.4, 0.5) is 5.82 Å². The lowest BCUT2D eigenvalue weighted by Crippen LogP contribution is -2.47. The Balaban J connectivity index is 1.49. The SMILES string of the molecule is CCn1c(CN2C=C3COCC(=O)N3CC2)nc2c(N3CCOCC3)nc(Cl)nc21. The highest BCUT2D eigenvalue weighted by molar-refractivity contribution is 6.28. The van der Waals surface area contributed by atoms with Gasteiger partial charge in [-0.25, -0.2) is 4.98 Å². The molecule has 160 valence electrons. The second kappa shape index (κ2) is 8.01. The number of ether oxygens (including phenoxy) is 2. The number of fused-ring (bicyclic) bond motifs is 2. The first-order valence-corrected chi connectivity index (χ1v) is 10.6. The van der Waals surface area contributed by atoms with Crippen LogP contribution in [-0.4, -0.2) is 87.8 Å². The van der Waals surface area contributed by atoms with E-state index in [1.54, 1.807) is 0 Å². The molecular formula is C19H24ClN7O3. The predicted octanol–water partition coefficient (Wildman–Crippen LogP) is 0.852. The van der Waals surface area contributed by atoms with Crippen molar-refractivity contribution in [3.05, 3.63) is 23.0 Å². The molecule has 0 unspecified atom stereocenters. The van der Waals surface area contributed by atoms with Gasteiger partial charge in [-0.15, -0.1) is 0 Å². The Morgan fingerprint density at radius 3 is 2.70 bits per heavy atom. The summed E-state index contributed by atoms with van der Waals surface area (Å²) in [6, 6.07) is 0. The molecule has 5 rings (SSSR count). The molecule has 11 heteroatoms. The third-order valence-electron chi connectivity index (χ3n) is 5.67. The molecule has 30 heavy (non-hydrogen) atoms. The smallest absolute Gasteiger partial charge is 0.252 e. The Hall–Kier alpha value is -2.43. The van der Waals surface area contributed by atoms with Crippen LogP contribution in [0.5, 0.6) is 0 Å². The molecule has 0 aliphatic carbocycles. The molecule has 3 aliphatic rings. The van der Waals surface area contributed by atoms with Gasteiger partial charge in [-0.2, -0.15) is 9.97 Å². The van der Waals surface area contributed by atoms with E-state index >= 15 is 0 Å². The third-order valence-corrected chi connectivity index (χ3v) is 5.83. The van der Waals surface area contributed by atoms with E-state index < -0.39 is 0 Å². The van der Waals surface area contributed by atoms with Gasteiger partial charge in [0.1, 0.15) is 12.4 Å². The molecule has 0 spiro atoms. The summed E-state index contributed by atoms with van der Waals surface area (Å²) in [5, 5.41) is 0.221. The van der Waals surface area contributed by atoms with Crippen LogP contribution in [0.2, 0.25) is 5.28 Å². The van der Waals surface area contributed by atoms with Crippen LogP contribution >= 0.6 is 11.6 Å². The van der Waals surface area contributed by atoms with E-state index in [9.17, 15) is 4.79 Å².